The Morgan fingerprint density at radius 2 is 1.76 bits per heavy atom. The maximum absolute atomic E-state index is 12.2. The summed E-state index contributed by atoms with van der Waals surface area (Å²) in [5.74, 6) is -0.345. The number of aliphatic hydroxyl groups is 1. The standard InChI is InChI=1S/C26H27N3O5/c1-16-19(25(31)32)8-6-9-20(16)27-14-18-7-4-5-10-24(18)34-15-23(30)17-11-12-21-22(13-17)29(3)26(33)28(21)2/h4-13,23,27,30H,14-15H2,1-3H3,(H,31,32). The third-order valence-corrected chi connectivity index (χ3v) is 6.08. The molecule has 0 bridgehead atoms. The Labute approximate surface area is 196 Å². The van der Waals surface area contributed by atoms with Crippen LogP contribution in [0.25, 0.3) is 11.0 Å². The van der Waals surface area contributed by atoms with Crippen LogP contribution in [0.15, 0.2) is 65.5 Å². The molecular weight excluding hydrogens is 434 g/mol. The molecule has 0 fully saturated rings. The van der Waals surface area contributed by atoms with Gasteiger partial charge in [-0.05, 0) is 48.4 Å². The number of anilines is 1. The molecule has 0 saturated carbocycles. The molecule has 0 aliphatic carbocycles. The highest BCUT2D eigenvalue weighted by atomic mass is 16.5. The van der Waals surface area contributed by atoms with Crippen molar-refractivity contribution in [3.8, 4) is 5.75 Å². The van der Waals surface area contributed by atoms with E-state index in [4.69, 9.17) is 4.74 Å². The summed E-state index contributed by atoms with van der Waals surface area (Å²) in [6.45, 7) is 2.23. The van der Waals surface area contributed by atoms with E-state index in [0.29, 0.717) is 23.4 Å². The van der Waals surface area contributed by atoms with Gasteiger partial charge in [0.05, 0.1) is 16.6 Å². The Balaban J connectivity index is 1.47. The van der Waals surface area contributed by atoms with Crippen LogP contribution < -0.4 is 15.7 Å². The van der Waals surface area contributed by atoms with Gasteiger partial charge in [-0.3, -0.25) is 9.13 Å². The first-order valence-corrected chi connectivity index (χ1v) is 10.9. The number of rotatable bonds is 8. The number of hydrogen-bond donors (Lipinski definition) is 3. The minimum Gasteiger partial charge on any atom is -0.490 e. The van der Waals surface area contributed by atoms with Crippen LogP contribution in [-0.4, -0.2) is 31.9 Å². The summed E-state index contributed by atoms with van der Waals surface area (Å²) in [5.41, 5.74) is 4.59. The Hall–Kier alpha value is -4.04. The minimum absolute atomic E-state index is 0.0385. The summed E-state index contributed by atoms with van der Waals surface area (Å²) >= 11 is 0. The second-order valence-electron chi connectivity index (χ2n) is 8.22. The van der Waals surface area contributed by atoms with Crippen molar-refractivity contribution in [1.29, 1.82) is 0 Å². The van der Waals surface area contributed by atoms with Crippen molar-refractivity contribution in [2.24, 2.45) is 14.1 Å². The summed E-state index contributed by atoms with van der Waals surface area (Å²) in [4.78, 5) is 23.5. The zero-order valence-electron chi connectivity index (χ0n) is 19.3. The molecule has 0 saturated heterocycles. The number of imidazole rings is 1. The SMILES string of the molecule is Cc1c(NCc2ccccc2OCC(O)c2ccc3c(c2)n(C)c(=O)n3C)cccc1C(=O)O. The van der Waals surface area contributed by atoms with Crippen LogP contribution in [0.2, 0.25) is 0 Å². The second kappa shape index (κ2) is 9.44. The topological polar surface area (TPSA) is 106 Å². The molecule has 8 heteroatoms. The summed E-state index contributed by atoms with van der Waals surface area (Å²) in [7, 11) is 3.42. The monoisotopic (exact) mass is 461 g/mol. The number of aromatic nitrogens is 2. The van der Waals surface area contributed by atoms with Crippen molar-refractivity contribution in [2.75, 3.05) is 11.9 Å². The van der Waals surface area contributed by atoms with E-state index in [0.717, 1.165) is 22.3 Å². The molecule has 1 aromatic heterocycles. The number of benzene rings is 3. The van der Waals surface area contributed by atoms with Crippen molar-refractivity contribution in [3.05, 3.63) is 93.4 Å². The lowest BCUT2D eigenvalue weighted by Crippen LogP contribution is -2.19. The predicted octanol–water partition coefficient (Wildman–Crippen LogP) is 3.61. The van der Waals surface area contributed by atoms with Crippen LogP contribution in [0.3, 0.4) is 0 Å². The Kier molecular flexibility index (Phi) is 6.43. The average Bonchev–Trinajstić information content (AvgIpc) is 3.05. The van der Waals surface area contributed by atoms with Gasteiger partial charge in [-0.15, -0.1) is 0 Å². The highest BCUT2D eigenvalue weighted by Gasteiger charge is 2.15. The minimum atomic E-state index is -0.965. The number of fused-ring (bicyclic) bond motifs is 1. The normalized spacial score (nSPS) is 12.0. The third kappa shape index (κ3) is 4.40. The molecule has 1 atom stereocenters. The van der Waals surface area contributed by atoms with Crippen LogP contribution in [0.5, 0.6) is 5.75 Å². The fourth-order valence-corrected chi connectivity index (χ4v) is 4.04. The largest absolute Gasteiger partial charge is 0.490 e. The van der Waals surface area contributed by atoms with Crippen LogP contribution in [0, 0.1) is 6.92 Å². The van der Waals surface area contributed by atoms with E-state index in [2.05, 4.69) is 5.32 Å². The average molecular weight is 462 g/mol. The molecule has 0 aliphatic rings. The van der Waals surface area contributed by atoms with Crippen LogP contribution in [-0.2, 0) is 20.6 Å². The van der Waals surface area contributed by atoms with Crippen molar-refractivity contribution in [1.82, 2.24) is 9.13 Å². The molecule has 1 unspecified atom stereocenters. The number of aliphatic hydroxyl groups excluding tert-OH is 1. The molecule has 3 N–H and O–H groups in total. The van der Waals surface area contributed by atoms with E-state index in [1.807, 2.05) is 36.4 Å². The predicted molar refractivity (Wildman–Crippen MR) is 131 cm³/mol. The fraction of sp³-hybridized carbons (Fsp3) is 0.231. The van der Waals surface area contributed by atoms with Gasteiger partial charge in [0, 0.05) is 31.9 Å². The van der Waals surface area contributed by atoms with Gasteiger partial charge in [0.1, 0.15) is 18.5 Å². The number of carboxylic acids is 1. The lowest BCUT2D eigenvalue weighted by molar-refractivity contribution is 0.0696. The van der Waals surface area contributed by atoms with E-state index < -0.39 is 12.1 Å². The Bertz CT molecular complexity index is 1420. The number of aryl methyl sites for hydroxylation is 2. The van der Waals surface area contributed by atoms with Gasteiger partial charge >= 0.3 is 11.7 Å². The first kappa shape index (κ1) is 23.1. The molecule has 1 heterocycles. The number of carbonyl (C=O) groups is 1. The molecule has 0 aliphatic heterocycles. The highest BCUT2D eigenvalue weighted by molar-refractivity contribution is 5.91. The second-order valence-corrected chi connectivity index (χ2v) is 8.22. The number of aromatic carboxylic acids is 1. The molecule has 0 amide bonds. The smallest absolute Gasteiger partial charge is 0.336 e. The summed E-state index contributed by atoms with van der Waals surface area (Å²) in [5, 5.41) is 23.3. The number of carboxylic acid groups (broad SMARTS) is 1. The number of hydrogen-bond acceptors (Lipinski definition) is 5. The molecule has 0 spiro atoms. The Morgan fingerprint density at radius 3 is 2.53 bits per heavy atom. The Morgan fingerprint density at radius 1 is 1.03 bits per heavy atom. The third-order valence-electron chi connectivity index (χ3n) is 6.08. The zero-order chi connectivity index (χ0) is 24.4. The fourth-order valence-electron chi connectivity index (χ4n) is 4.04. The van der Waals surface area contributed by atoms with Gasteiger partial charge in [-0.25, -0.2) is 9.59 Å². The van der Waals surface area contributed by atoms with Gasteiger partial charge in [0.25, 0.3) is 0 Å². The number of nitrogens with one attached hydrogen (secondary N) is 1. The van der Waals surface area contributed by atoms with Gasteiger partial charge in [-0.2, -0.15) is 0 Å². The molecular formula is C26H27N3O5. The summed E-state index contributed by atoms with van der Waals surface area (Å²) < 4.78 is 9.07. The van der Waals surface area contributed by atoms with Crippen molar-refractivity contribution in [2.45, 2.75) is 19.6 Å². The molecule has 3 aromatic carbocycles. The number of nitrogens with zero attached hydrogens (tertiary/aromatic N) is 2. The van der Waals surface area contributed by atoms with E-state index in [-0.39, 0.29) is 17.9 Å². The zero-order valence-corrected chi connectivity index (χ0v) is 19.3. The lowest BCUT2D eigenvalue weighted by atomic mass is 10.1. The van der Waals surface area contributed by atoms with E-state index in [1.165, 1.54) is 0 Å². The van der Waals surface area contributed by atoms with Gasteiger partial charge < -0.3 is 20.3 Å². The molecule has 4 aromatic rings. The summed E-state index contributed by atoms with van der Waals surface area (Å²) in [6.07, 6.45) is -0.879. The maximum atomic E-state index is 12.2. The molecule has 0 radical (unpaired) electrons. The van der Waals surface area contributed by atoms with Gasteiger partial charge in [0.2, 0.25) is 0 Å². The number of para-hydroxylation sites is 1. The van der Waals surface area contributed by atoms with Gasteiger partial charge in [-0.1, -0.05) is 30.3 Å². The molecule has 176 valence electrons. The quantitative estimate of drug-likeness (QED) is 0.370. The van der Waals surface area contributed by atoms with Crippen LogP contribution >= 0.6 is 0 Å². The van der Waals surface area contributed by atoms with Crippen LogP contribution in [0.4, 0.5) is 5.69 Å². The molecule has 4 rings (SSSR count). The summed E-state index contributed by atoms with van der Waals surface area (Å²) in [6, 6.07) is 18.0. The first-order chi connectivity index (χ1) is 16.3. The van der Waals surface area contributed by atoms with E-state index in [1.54, 1.807) is 54.4 Å². The van der Waals surface area contributed by atoms with Crippen molar-refractivity contribution >= 4 is 22.7 Å². The molecule has 34 heavy (non-hydrogen) atoms. The van der Waals surface area contributed by atoms with E-state index >= 15 is 0 Å². The molecule has 8 nitrogen and oxygen atoms in total. The first-order valence-electron chi connectivity index (χ1n) is 10.9. The van der Waals surface area contributed by atoms with E-state index in [9.17, 15) is 19.8 Å². The highest BCUT2D eigenvalue weighted by Crippen LogP contribution is 2.25. The maximum Gasteiger partial charge on any atom is 0.336 e. The van der Waals surface area contributed by atoms with Gasteiger partial charge in [0.15, 0.2) is 0 Å². The van der Waals surface area contributed by atoms with Crippen LogP contribution in [0.1, 0.15) is 33.2 Å². The van der Waals surface area contributed by atoms with Crippen molar-refractivity contribution in [3.63, 3.8) is 0 Å². The van der Waals surface area contributed by atoms with Crippen molar-refractivity contribution < 1.29 is 19.7 Å². The number of ether oxygens (including phenoxy) is 1. The lowest BCUT2D eigenvalue weighted by Gasteiger charge is -2.17.